The Labute approximate surface area is 49.5 Å². The lowest BCUT2D eigenvalue weighted by molar-refractivity contribution is 0.333. The van der Waals surface area contributed by atoms with Crippen LogP contribution in [0.3, 0.4) is 0 Å². The molecular formula is C4H11ClFN. The van der Waals surface area contributed by atoms with Crippen LogP contribution in [0.2, 0.25) is 0 Å². The normalized spacial score (nSPS) is 12.4. The van der Waals surface area contributed by atoms with Gasteiger partial charge in [-0.1, -0.05) is 6.92 Å². The highest BCUT2D eigenvalue weighted by atomic mass is 35.5. The van der Waals surface area contributed by atoms with Gasteiger partial charge in [-0.15, -0.1) is 12.4 Å². The molecule has 0 fully saturated rings. The summed E-state index contributed by atoms with van der Waals surface area (Å²) in [7, 11) is 0. The molecule has 0 unspecified atom stereocenters. The van der Waals surface area contributed by atoms with Crippen LogP contribution in [0.15, 0.2) is 0 Å². The van der Waals surface area contributed by atoms with E-state index in [-0.39, 0.29) is 19.0 Å². The third-order valence-electron chi connectivity index (χ3n) is 0.699. The van der Waals surface area contributed by atoms with Crippen molar-refractivity contribution in [1.82, 2.24) is 0 Å². The quantitative estimate of drug-likeness (QED) is 0.591. The van der Waals surface area contributed by atoms with Crippen molar-refractivity contribution in [3.63, 3.8) is 0 Å². The molecule has 0 amide bonds. The molecule has 2 N–H and O–H groups in total. The average molecular weight is 128 g/mol. The minimum absolute atomic E-state index is 0. The maximum absolute atomic E-state index is 11.7. The van der Waals surface area contributed by atoms with Crippen LogP contribution in [0, 0.1) is 0 Å². The first-order valence-corrected chi connectivity index (χ1v) is 2.15. The number of hydrogen-bond acceptors (Lipinski definition) is 1. The van der Waals surface area contributed by atoms with Crippen molar-refractivity contribution in [3.8, 4) is 0 Å². The molecule has 0 spiro atoms. The van der Waals surface area contributed by atoms with Gasteiger partial charge in [-0.2, -0.15) is 0 Å². The van der Waals surface area contributed by atoms with E-state index >= 15 is 0 Å². The summed E-state index contributed by atoms with van der Waals surface area (Å²) in [5, 5.41) is 0. The molecule has 0 saturated heterocycles. The van der Waals surface area contributed by atoms with Crippen LogP contribution in [0.4, 0.5) is 4.39 Å². The molecule has 46 valence electrons. The Morgan fingerprint density at radius 2 is 2.14 bits per heavy atom. The van der Waals surface area contributed by atoms with E-state index in [1.807, 2.05) is 0 Å². The Hall–Kier alpha value is 0.180. The summed E-state index contributed by atoms with van der Waals surface area (Å²) >= 11 is 0. The predicted molar refractivity (Wildman–Crippen MR) is 31.5 cm³/mol. The van der Waals surface area contributed by atoms with E-state index in [0.29, 0.717) is 6.42 Å². The fourth-order valence-corrected chi connectivity index (χ4v) is 0.167. The van der Waals surface area contributed by atoms with Gasteiger partial charge in [0.15, 0.2) is 0 Å². The minimum Gasteiger partial charge on any atom is -0.328 e. The number of alkyl halides is 1. The van der Waals surface area contributed by atoms with E-state index in [1.54, 1.807) is 6.92 Å². The molecule has 0 aromatic rings. The second-order valence-electron chi connectivity index (χ2n) is 1.24. The van der Waals surface area contributed by atoms with E-state index in [1.165, 1.54) is 0 Å². The molecule has 0 aromatic heterocycles. The summed E-state index contributed by atoms with van der Waals surface area (Å²) in [5.74, 6) is 0. The van der Waals surface area contributed by atoms with E-state index in [0.717, 1.165) is 0 Å². The Bertz CT molecular complexity index is 30.9. The second-order valence-corrected chi connectivity index (χ2v) is 1.24. The lowest BCUT2D eigenvalue weighted by Crippen LogP contribution is -2.13. The summed E-state index contributed by atoms with van der Waals surface area (Å²) in [6.07, 6.45) is -0.249. The maximum Gasteiger partial charge on any atom is 0.112 e. The molecule has 0 aromatic carbocycles. The Morgan fingerprint density at radius 1 is 1.71 bits per heavy atom. The highest BCUT2D eigenvalue weighted by Crippen LogP contribution is 1.90. The van der Waals surface area contributed by atoms with Crippen molar-refractivity contribution in [2.75, 3.05) is 6.54 Å². The highest BCUT2D eigenvalue weighted by molar-refractivity contribution is 5.85. The van der Waals surface area contributed by atoms with Gasteiger partial charge in [-0.05, 0) is 6.42 Å². The molecular weight excluding hydrogens is 117 g/mol. The third-order valence-corrected chi connectivity index (χ3v) is 0.699. The van der Waals surface area contributed by atoms with Crippen LogP contribution in [-0.2, 0) is 0 Å². The van der Waals surface area contributed by atoms with Crippen LogP contribution in [0.25, 0.3) is 0 Å². The second kappa shape index (κ2) is 6.18. The molecule has 0 heterocycles. The zero-order chi connectivity index (χ0) is 4.99. The van der Waals surface area contributed by atoms with E-state index in [2.05, 4.69) is 0 Å². The van der Waals surface area contributed by atoms with Crippen molar-refractivity contribution in [3.05, 3.63) is 0 Å². The van der Waals surface area contributed by atoms with Crippen molar-refractivity contribution in [2.45, 2.75) is 19.5 Å². The Morgan fingerprint density at radius 3 is 2.14 bits per heavy atom. The van der Waals surface area contributed by atoms with Crippen LogP contribution < -0.4 is 5.73 Å². The Kier molecular flexibility index (Phi) is 9.02. The fourth-order valence-electron chi connectivity index (χ4n) is 0.167. The zero-order valence-electron chi connectivity index (χ0n) is 4.36. The molecule has 0 rings (SSSR count). The van der Waals surface area contributed by atoms with Crippen LogP contribution in [-0.4, -0.2) is 12.7 Å². The van der Waals surface area contributed by atoms with Crippen molar-refractivity contribution >= 4 is 12.4 Å². The van der Waals surface area contributed by atoms with Gasteiger partial charge in [0.2, 0.25) is 0 Å². The smallest absolute Gasteiger partial charge is 0.112 e. The topological polar surface area (TPSA) is 26.0 Å². The van der Waals surface area contributed by atoms with Crippen LogP contribution in [0.5, 0.6) is 0 Å². The summed E-state index contributed by atoms with van der Waals surface area (Å²) < 4.78 is 11.7. The van der Waals surface area contributed by atoms with Gasteiger partial charge < -0.3 is 5.73 Å². The fraction of sp³-hybridized carbons (Fsp3) is 1.00. The van der Waals surface area contributed by atoms with Gasteiger partial charge in [0, 0.05) is 6.54 Å². The SMILES string of the molecule is CC[C@@H](F)CN.Cl. The first-order valence-electron chi connectivity index (χ1n) is 2.15. The summed E-state index contributed by atoms with van der Waals surface area (Å²) in [5.41, 5.74) is 4.91. The maximum atomic E-state index is 11.7. The first kappa shape index (κ1) is 10.2. The van der Waals surface area contributed by atoms with Crippen molar-refractivity contribution in [2.24, 2.45) is 5.73 Å². The average Bonchev–Trinajstić information content (AvgIpc) is 1.65. The van der Waals surface area contributed by atoms with E-state index < -0.39 is 6.17 Å². The zero-order valence-corrected chi connectivity index (χ0v) is 5.17. The number of hydrogen-bond donors (Lipinski definition) is 1. The number of halogens is 2. The molecule has 3 heteroatoms. The molecule has 1 atom stereocenters. The van der Waals surface area contributed by atoms with Gasteiger partial charge in [0.1, 0.15) is 6.17 Å². The molecule has 0 aliphatic heterocycles. The summed E-state index contributed by atoms with van der Waals surface area (Å²) in [6, 6.07) is 0. The molecule has 0 saturated carbocycles. The largest absolute Gasteiger partial charge is 0.328 e. The van der Waals surface area contributed by atoms with E-state index in [9.17, 15) is 4.39 Å². The molecule has 1 nitrogen and oxygen atoms in total. The summed E-state index contributed by atoms with van der Waals surface area (Å²) in [6.45, 7) is 1.94. The first-order chi connectivity index (χ1) is 2.81. The molecule has 0 radical (unpaired) electrons. The minimum atomic E-state index is -0.787. The van der Waals surface area contributed by atoms with E-state index in [4.69, 9.17) is 5.73 Å². The lowest BCUT2D eigenvalue weighted by Gasteiger charge is -1.94. The number of rotatable bonds is 2. The standard InChI is InChI=1S/C4H10FN.ClH/c1-2-4(5)3-6;/h4H,2-3,6H2,1H3;1H/t4-;/m1./s1. The molecule has 0 aliphatic rings. The van der Waals surface area contributed by atoms with Crippen LogP contribution >= 0.6 is 12.4 Å². The Balaban J connectivity index is 0. The molecule has 7 heavy (non-hydrogen) atoms. The third kappa shape index (κ3) is 6.18. The number of nitrogens with two attached hydrogens (primary N) is 1. The van der Waals surface area contributed by atoms with Gasteiger partial charge in [0.05, 0.1) is 0 Å². The van der Waals surface area contributed by atoms with Gasteiger partial charge in [-0.3, -0.25) is 0 Å². The lowest BCUT2D eigenvalue weighted by atomic mass is 10.3. The monoisotopic (exact) mass is 127 g/mol. The van der Waals surface area contributed by atoms with Gasteiger partial charge in [-0.25, -0.2) is 4.39 Å². The van der Waals surface area contributed by atoms with Crippen LogP contribution in [0.1, 0.15) is 13.3 Å². The van der Waals surface area contributed by atoms with Gasteiger partial charge in [0.25, 0.3) is 0 Å². The predicted octanol–water partition coefficient (Wildman–Crippen LogP) is 1.11. The van der Waals surface area contributed by atoms with Crippen molar-refractivity contribution in [1.29, 1.82) is 0 Å². The molecule has 0 bridgehead atoms. The highest BCUT2D eigenvalue weighted by Gasteiger charge is 1.94. The van der Waals surface area contributed by atoms with Crippen molar-refractivity contribution < 1.29 is 4.39 Å². The van der Waals surface area contributed by atoms with Gasteiger partial charge >= 0.3 is 0 Å². The molecule has 0 aliphatic carbocycles. The summed E-state index contributed by atoms with van der Waals surface area (Å²) in [4.78, 5) is 0.